The Morgan fingerprint density at radius 1 is 0.667 bits per heavy atom. The van der Waals surface area contributed by atoms with Crippen LogP contribution in [0.3, 0.4) is 0 Å². The number of aryl methyl sites for hydroxylation is 2. The molecule has 0 radical (unpaired) electrons. The van der Waals surface area contributed by atoms with Crippen LogP contribution in [0.25, 0.3) is 77.8 Å². The molecule has 15 rings (SSSR count). The molecule has 0 aliphatic carbocycles. The molecule has 3 fully saturated rings. The Morgan fingerprint density at radius 3 is 1.82 bits per heavy atom. The summed E-state index contributed by atoms with van der Waals surface area (Å²) in [5.41, 5.74) is 8.93. The first kappa shape index (κ1) is 61.3. The molecule has 1 N–H and O–H groups in total. The number of H-pyrrole nitrogens is 1. The topological polar surface area (TPSA) is 180 Å². The predicted molar refractivity (Wildman–Crippen MR) is 359 cm³/mol. The van der Waals surface area contributed by atoms with Crippen LogP contribution in [-0.4, -0.2) is 113 Å². The maximum absolute atomic E-state index is 17.0. The van der Waals surface area contributed by atoms with Crippen molar-refractivity contribution >= 4 is 61.3 Å². The second-order valence-corrected chi connectivity index (χ2v) is 27.5. The molecule has 20 heteroatoms. The number of benzene rings is 4. The van der Waals surface area contributed by atoms with Crippen molar-refractivity contribution in [2.45, 2.75) is 150 Å². The normalized spacial score (nSPS) is 19.7. The number of fused-ring (bicyclic) bond motifs is 12. The third-order valence-electron chi connectivity index (χ3n) is 19.2. The van der Waals surface area contributed by atoms with Crippen LogP contribution in [0.15, 0.2) is 107 Å². The van der Waals surface area contributed by atoms with Gasteiger partial charge in [-0.1, -0.05) is 83.1 Å². The first-order valence-electron chi connectivity index (χ1n) is 32.7. The number of ether oxygens (including phenoxy) is 4. The summed E-state index contributed by atoms with van der Waals surface area (Å²) in [6.07, 6.45) is 7.85. The van der Waals surface area contributed by atoms with Crippen LogP contribution < -0.4 is 30.4 Å². The molecule has 1 unspecified atom stereocenters. The molecular weight excluding hydrogens is 1180 g/mol. The Balaban J connectivity index is 0.000000167. The van der Waals surface area contributed by atoms with Crippen molar-refractivity contribution < 1.29 is 32.5 Å². The highest BCUT2D eigenvalue weighted by atomic mass is 19.1. The zero-order valence-electron chi connectivity index (χ0n) is 54.6. The van der Waals surface area contributed by atoms with Crippen molar-refractivity contribution in [2.75, 3.05) is 49.3 Å². The largest absolute Gasteiger partial charge is 0.484 e. The third-order valence-corrected chi connectivity index (χ3v) is 19.2. The molecule has 5 aliphatic heterocycles. The zero-order valence-corrected chi connectivity index (χ0v) is 54.6. The monoisotopic (exact) mass is 1260 g/mol. The molecule has 5 aliphatic rings. The van der Waals surface area contributed by atoms with Gasteiger partial charge >= 0.3 is 17.2 Å². The number of nitrogens with one attached hydrogen (secondary N) is 1. The van der Waals surface area contributed by atoms with Crippen LogP contribution in [0.1, 0.15) is 135 Å². The SMILES string of the molecule is Cc1ccc2[nH]ncc2c1-c1nc2c(cc1F)c1c(c(=O)n2-c2ccccc2C(C)C)OC[C@H]2CC[C@H](C)CN12.Cc1ccc2c(cnn2C2CCCCO2)c1-c1nc2c(cc1F)c1c(c(=O)n2-c2ccccc2C(C)C)OC[C@H]2CN(C(=O)OC(C)(C)C)[C@H](C)CN12. The van der Waals surface area contributed by atoms with Gasteiger partial charge < -0.3 is 33.6 Å². The molecular formula is C73H79F2N11O7. The minimum Gasteiger partial charge on any atom is -0.484 e. The highest BCUT2D eigenvalue weighted by Crippen LogP contribution is 2.46. The minimum atomic E-state index is -0.650. The van der Waals surface area contributed by atoms with Crippen molar-refractivity contribution in [3.8, 4) is 45.4 Å². The zero-order chi connectivity index (χ0) is 65.0. The Hall–Kier alpha value is -9.17. The molecule has 0 spiro atoms. The maximum atomic E-state index is 17.0. The van der Waals surface area contributed by atoms with Gasteiger partial charge in [-0.05, 0) is 150 Å². The van der Waals surface area contributed by atoms with Crippen molar-refractivity contribution in [3.63, 3.8) is 0 Å². The van der Waals surface area contributed by atoms with E-state index in [9.17, 15) is 14.4 Å². The van der Waals surface area contributed by atoms with Crippen molar-refractivity contribution in [3.05, 3.63) is 152 Å². The summed E-state index contributed by atoms with van der Waals surface area (Å²) in [6.45, 7) is 24.7. The number of halogens is 2. The van der Waals surface area contributed by atoms with Crippen LogP contribution in [0, 0.1) is 31.4 Å². The number of hydrogen-bond acceptors (Lipinski definition) is 13. The molecule has 10 aromatic rings. The molecule has 482 valence electrons. The standard InChI is InChI=1S/C41H47FN6O5.C32H32FN5O2/c1-23(2)27-12-8-9-13-31(27)47-38-28(36-37(39(47)49)52-22-26-21-45(25(4)20-46(26)36)40(50)53-41(5,6)7)18-30(42)35(44-38)34-24(3)15-16-32-29(34)19-43-48(32)33-14-10-11-17-51-33;1-17(2)21-7-5-6-8-26(21)38-31-22(29-30(32(38)39)40-16-20-11-9-18(3)15-37(20)29)13-24(33)28(35-31)27-19(4)10-12-25-23(27)14-34-36-25/h8-9,12-13,15-16,18-19,23,25-26,33H,10-11,14,17,20-22H2,1-7H3;5-8,10,12-14,17-18,20H,9,11,15-16H2,1-4H3,(H,34,36)/t25-,26-,33?;18-,20+/m10/s1. The number of pyridine rings is 4. The number of anilines is 2. The third kappa shape index (κ3) is 10.6. The molecule has 4 aromatic carbocycles. The van der Waals surface area contributed by atoms with Crippen LogP contribution in [0.2, 0.25) is 0 Å². The minimum absolute atomic E-state index is 0.0834. The first-order valence-corrected chi connectivity index (χ1v) is 32.7. The molecule has 11 heterocycles. The number of rotatable bonds is 7. The number of carbonyl (C=O) groups excluding carboxylic acids is 1. The van der Waals surface area contributed by atoms with Gasteiger partial charge in [-0.3, -0.25) is 23.8 Å². The van der Waals surface area contributed by atoms with E-state index in [4.69, 9.17) is 34.0 Å². The highest BCUT2D eigenvalue weighted by Gasteiger charge is 2.43. The number of piperidine rings is 1. The van der Waals surface area contributed by atoms with Crippen LogP contribution >= 0.6 is 0 Å². The lowest BCUT2D eigenvalue weighted by molar-refractivity contribution is -0.0366. The molecule has 3 saturated heterocycles. The van der Waals surface area contributed by atoms with Crippen molar-refractivity contribution in [1.82, 2.24) is 44.0 Å². The van der Waals surface area contributed by atoms with Gasteiger partial charge in [-0.2, -0.15) is 10.2 Å². The van der Waals surface area contributed by atoms with Gasteiger partial charge in [0.05, 0.1) is 58.3 Å². The molecule has 18 nitrogen and oxygen atoms in total. The van der Waals surface area contributed by atoms with Gasteiger partial charge in [0, 0.05) is 65.0 Å². The van der Waals surface area contributed by atoms with Gasteiger partial charge in [0.25, 0.3) is 0 Å². The number of nitrogens with zero attached hydrogens (tertiary/aromatic N) is 10. The van der Waals surface area contributed by atoms with E-state index >= 15 is 8.78 Å². The average molecular weight is 1260 g/mol. The summed E-state index contributed by atoms with van der Waals surface area (Å²) in [7, 11) is 0. The van der Waals surface area contributed by atoms with Gasteiger partial charge in [0.2, 0.25) is 11.5 Å². The van der Waals surface area contributed by atoms with Crippen molar-refractivity contribution in [2.24, 2.45) is 5.92 Å². The van der Waals surface area contributed by atoms with E-state index in [0.717, 1.165) is 88.4 Å². The molecule has 0 saturated carbocycles. The van der Waals surface area contributed by atoms with Gasteiger partial charge in [-0.25, -0.2) is 28.2 Å². The van der Waals surface area contributed by atoms with E-state index in [0.29, 0.717) is 82.5 Å². The van der Waals surface area contributed by atoms with Gasteiger partial charge in [0.15, 0.2) is 17.5 Å². The molecule has 93 heavy (non-hydrogen) atoms. The van der Waals surface area contributed by atoms with E-state index in [2.05, 4.69) is 54.6 Å². The smallest absolute Gasteiger partial charge is 0.410 e. The molecule has 1 amide bonds. The molecule has 0 bridgehead atoms. The van der Waals surface area contributed by atoms with E-state index in [1.807, 2.05) is 119 Å². The van der Waals surface area contributed by atoms with Crippen LogP contribution in [0.5, 0.6) is 11.5 Å². The fourth-order valence-electron chi connectivity index (χ4n) is 14.7. The number of para-hydroxylation sites is 2. The second kappa shape index (κ2) is 23.7. The Kier molecular flexibility index (Phi) is 15.7. The Bertz CT molecular complexity index is 4750. The van der Waals surface area contributed by atoms with Crippen molar-refractivity contribution in [1.29, 1.82) is 0 Å². The summed E-state index contributed by atoms with van der Waals surface area (Å²) in [4.78, 5) is 58.7. The second-order valence-electron chi connectivity index (χ2n) is 27.5. The van der Waals surface area contributed by atoms with Crippen LogP contribution in [0.4, 0.5) is 25.0 Å². The number of amides is 1. The number of aromatic amines is 1. The number of aromatic nitrogens is 8. The lowest BCUT2D eigenvalue weighted by Crippen LogP contribution is -2.62. The lowest BCUT2D eigenvalue weighted by Gasteiger charge is -2.48. The highest BCUT2D eigenvalue weighted by molar-refractivity contribution is 6.02. The first-order chi connectivity index (χ1) is 44.6. The van der Waals surface area contributed by atoms with E-state index < -0.39 is 23.3 Å². The molecule has 6 aromatic heterocycles. The summed E-state index contributed by atoms with van der Waals surface area (Å²) >= 11 is 0. The number of hydrogen-bond donors (Lipinski definition) is 1. The summed E-state index contributed by atoms with van der Waals surface area (Å²) in [5, 5.41) is 14.5. The van der Waals surface area contributed by atoms with E-state index in [-0.39, 0.29) is 76.8 Å². The summed E-state index contributed by atoms with van der Waals surface area (Å²) < 4.78 is 62.7. The lowest BCUT2D eigenvalue weighted by atomic mass is 9.92. The van der Waals surface area contributed by atoms with Gasteiger partial charge in [0.1, 0.15) is 41.8 Å². The van der Waals surface area contributed by atoms with Crippen LogP contribution in [-0.2, 0) is 9.47 Å². The predicted octanol–water partition coefficient (Wildman–Crippen LogP) is 14.4. The average Bonchev–Trinajstić information content (AvgIpc) is 0.969. The summed E-state index contributed by atoms with van der Waals surface area (Å²) in [6, 6.07) is 26.1. The number of carbonyl (C=O) groups is 1. The number of piperazine rings is 1. The van der Waals surface area contributed by atoms with Gasteiger partial charge in [-0.15, -0.1) is 0 Å². The molecule has 5 atom stereocenters. The Labute approximate surface area is 538 Å². The van der Waals surface area contributed by atoms with E-state index in [1.54, 1.807) is 32.5 Å². The fourth-order valence-corrected chi connectivity index (χ4v) is 14.7. The fraction of sp³-hybridized carbons (Fsp3) is 0.411. The van der Waals surface area contributed by atoms with E-state index in [1.165, 1.54) is 6.07 Å². The Morgan fingerprint density at radius 2 is 1.24 bits per heavy atom. The summed E-state index contributed by atoms with van der Waals surface area (Å²) in [5.74, 6) is 0.150. The quantitative estimate of drug-likeness (QED) is 0.159. The maximum Gasteiger partial charge on any atom is 0.410 e.